The minimum absolute atomic E-state index is 0.299. The summed E-state index contributed by atoms with van der Waals surface area (Å²) in [6, 6.07) is 14.4. The number of benzene rings is 1. The molecule has 0 aliphatic carbocycles. The van der Waals surface area contributed by atoms with Gasteiger partial charge in [-0.25, -0.2) is 0 Å². The topological polar surface area (TPSA) is 36.9 Å². The largest absolute Gasteiger partial charge is 0.490 e. The van der Waals surface area contributed by atoms with Gasteiger partial charge in [-0.15, -0.1) is 11.3 Å². The van der Waals surface area contributed by atoms with Crippen LogP contribution in [0.25, 0.3) is 0 Å². The van der Waals surface area contributed by atoms with Gasteiger partial charge < -0.3 is 15.0 Å². The third-order valence-corrected chi connectivity index (χ3v) is 5.26. The Morgan fingerprint density at radius 2 is 2.00 bits per heavy atom. The summed E-state index contributed by atoms with van der Waals surface area (Å²) in [5, 5.41) is 5.56. The molecule has 2 aromatic rings. The number of aliphatic imine (C=N–C) groups is 1. The van der Waals surface area contributed by atoms with Crippen molar-refractivity contribution in [2.45, 2.75) is 32.3 Å². The maximum atomic E-state index is 6.09. The Bertz CT molecular complexity index is 634. The normalized spacial score (nSPS) is 16.0. The summed E-state index contributed by atoms with van der Waals surface area (Å²) in [5.41, 5.74) is 0. The predicted octanol–water partition coefficient (Wildman–Crippen LogP) is 3.80. The van der Waals surface area contributed by atoms with Crippen LogP contribution in [0.5, 0.6) is 5.75 Å². The third-order valence-electron chi connectivity index (χ3n) is 4.32. The monoisotopic (exact) mass is 357 g/mol. The Morgan fingerprint density at radius 3 is 2.68 bits per heavy atom. The number of thiophene rings is 1. The number of likely N-dealkylation sites (tertiary alicyclic amines) is 1. The number of rotatable bonds is 6. The molecule has 4 nitrogen and oxygen atoms in total. The molecule has 25 heavy (non-hydrogen) atoms. The van der Waals surface area contributed by atoms with Crippen LogP contribution in [0.1, 0.15) is 24.6 Å². The molecule has 1 aliphatic rings. The SMILES string of the molecule is CCNC(=NCCc1cccs1)N1CCC(Oc2ccccc2)CC1. The lowest BCUT2D eigenvalue weighted by Gasteiger charge is -2.34. The molecule has 5 heteroatoms. The summed E-state index contributed by atoms with van der Waals surface area (Å²) < 4.78 is 6.09. The molecule has 0 radical (unpaired) electrons. The number of hydrogen-bond donors (Lipinski definition) is 1. The highest BCUT2D eigenvalue weighted by atomic mass is 32.1. The molecule has 1 saturated heterocycles. The quantitative estimate of drug-likeness (QED) is 0.631. The van der Waals surface area contributed by atoms with Crippen molar-refractivity contribution in [1.29, 1.82) is 0 Å². The Balaban J connectivity index is 1.49. The fraction of sp³-hybridized carbons (Fsp3) is 0.450. The molecule has 1 aromatic heterocycles. The highest BCUT2D eigenvalue weighted by Crippen LogP contribution is 2.18. The molecule has 0 spiro atoms. The van der Waals surface area contributed by atoms with Crippen molar-refractivity contribution in [3.05, 3.63) is 52.7 Å². The minimum Gasteiger partial charge on any atom is -0.490 e. The third kappa shape index (κ3) is 5.49. The van der Waals surface area contributed by atoms with Crippen molar-refractivity contribution in [3.63, 3.8) is 0 Å². The van der Waals surface area contributed by atoms with Crippen molar-refractivity contribution in [2.24, 2.45) is 4.99 Å². The Labute approximate surface area is 154 Å². The molecule has 0 unspecified atom stereocenters. The molecule has 3 rings (SSSR count). The van der Waals surface area contributed by atoms with Crippen LogP contribution in [0.4, 0.5) is 0 Å². The van der Waals surface area contributed by atoms with Crippen LogP contribution < -0.4 is 10.1 Å². The summed E-state index contributed by atoms with van der Waals surface area (Å²) in [6.45, 7) is 5.84. The molecule has 134 valence electrons. The highest BCUT2D eigenvalue weighted by molar-refractivity contribution is 7.09. The first-order valence-corrected chi connectivity index (χ1v) is 10.0. The van der Waals surface area contributed by atoms with Gasteiger partial charge in [-0.3, -0.25) is 4.99 Å². The van der Waals surface area contributed by atoms with Gasteiger partial charge in [-0.05, 0) is 30.5 Å². The molecule has 0 amide bonds. The van der Waals surface area contributed by atoms with Crippen LogP contribution in [0.3, 0.4) is 0 Å². The van der Waals surface area contributed by atoms with Gasteiger partial charge in [0.05, 0.1) is 0 Å². The van der Waals surface area contributed by atoms with E-state index in [1.165, 1.54) is 4.88 Å². The van der Waals surface area contributed by atoms with Crippen LogP contribution in [-0.4, -0.2) is 43.1 Å². The van der Waals surface area contributed by atoms with Gasteiger partial charge in [0.1, 0.15) is 11.9 Å². The Hall–Kier alpha value is -2.01. The Kier molecular flexibility index (Phi) is 6.74. The van der Waals surface area contributed by atoms with E-state index in [-0.39, 0.29) is 0 Å². The van der Waals surface area contributed by atoms with E-state index >= 15 is 0 Å². The smallest absolute Gasteiger partial charge is 0.193 e. The zero-order valence-corrected chi connectivity index (χ0v) is 15.7. The number of para-hydroxylation sites is 1. The van der Waals surface area contributed by atoms with Crippen molar-refractivity contribution in [2.75, 3.05) is 26.2 Å². The zero-order chi connectivity index (χ0) is 17.3. The lowest BCUT2D eigenvalue weighted by atomic mass is 10.1. The average molecular weight is 358 g/mol. The minimum atomic E-state index is 0.299. The second kappa shape index (κ2) is 9.47. The summed E-state index contributed by atoms with van der Waals surface area (Å²) in [5.74, 6) is 2.01. The van der Waals surface area contributed by atoms with Crippen molar-refractivity contribution in [1.82, 2.24) is 10.2 Å². The van der Waals surface area contributed by atoms with Crippen molar-refractivity contribution in [3.8, 4) is 5.75 Å². The summed E-state index contributed by atoms with van der Waals surface area (Å²) in [7, 11) is 0. The van der Waals surface area contributed by atoms with Gasteiger partial charge in [0.15, 0.2) is 5.96 Å². The fourth-order valence-corrected chi connectivity index (χ4v) is 3.73. The number of hydrogen-bond acceptors (Lipinski definition) is 3. The van der Waals surface area contributed by atoms with E-state index < -0.39 is 0 Å². The first-order valence-electron chi connectivity index (χ1n) is 9.12. The highest BCUT2D eigenvalue weighted by Gasteiger charge is 2.22. The van der Waals surface area contributed by atoms with Crippen LogP contribution in [-0.2, 0) is 6.42 Å². The van der Waals surface area contributed by atoms with Gasteiger partial charge >= 0.3 is 0 Å². The number of nitrogens with zero attached hydrogens (tertiary/aromatic N) is 2. The summed E-state index contributed by atoms with van der Waals surface area (Å²) in [4.78, 5) is 8.58. The fourth-order valence-electron chi connectivity index (χ4n) is 3.03. The molecule has 1 N–H and O–H groups in total. The first kappa shape index (κ1) is 17.8. The van der Waals surface area contributed by atoms with Crippen LogP contribution in [0, 0.1) is 0 Å². The molecule has 0 saturated carbocycles. The molecular weight excluding hydrogens is 330 g/mol. The van der Waals surface area contributed by atoms with Crippen LogP contribution in [0.15, 0.2) is 52.8 Å². The molecule has 1 aliphatic heterocycles. The van der Waals surface area contributed by atoms with Gasteiger partial charge in [0, 0.05) is 50.3 Å². The van der Waals surface area contributed by atoms with Gasteiger partial charge in [0.2, 0.25) is 0 Å². The lowest BCUT2D eigenvalue weighted by Crippen LogP contribution is -2.47. The zero-order valence-electron chi connectivity index (χ0n) is 14.9. The van der Waals surface area contributed by atoms with E-state index in [0.29, 0.717) is 6.10 Å². The average Bonchev–Trinajstić information content (AvgIpc) is 3.16. The molecule has 0 bridgehead atoms. The van der Waals surface area contributed by atoms with Gasteiger partial charge in [-0.1, -0.05) is 24.3 Å². The van der Waals surface area contributed by atoms with Crippen LogP contribution in [0.2, 0.25) is 0 Å². The van der Waals surface area contributed by atoms with Gasteiger partial charge in [0.25, 0.3) is 0 Å². The van der Waals surface area contributed by atoms with Crippen molar-refractivity contribution < 1.29 is 4.74 Å². The molecule has 1 fully saturated rings. The maximum absolute atomic E-state index is 6.09. The van der Waals surface area contributed by atoms with E-state index in [1.54, 1.807) is 11.3 Å². The maximum Gasteiger partial charge on any atom is 0.193 e. The second-order valence-electron chi connectivity index (χ2n) is 6.18. The molecular formula is C20H27N3OS. The number of ether oxygens (including phenoxy) is 1. The lowest BCUT2D eigenvalue weighted by molar-refractivity contribution is 0.129. The van der Waals surface area contributed by atoms with E-state index in [1.807, 2.05) is 30.3 Å². The van der Waals surface area contributed by atoms with Crippen molar-refractivity contribution >= 4 is 17.3 Å². The summed E-state index contributed by atoms with van der Waals surface area (Å²) >= 11 is 1.80. The standard InChI is InChI=1S/C20H27N3OS/c1-2-21-20(22-13-10-19-9-6-16-25-19)23-14-11-18(12-15-23)24-17-7-4-3-5-8-17/h3-9,16,18H,2,10-15H2,1H3,(H,21,22). The van der Waals surface area contributed by atoms with E-state index in [9.17, 15) is 0 Å². The predicted molar refractivity (Wildman–Crippen MR) is 106 cm³/mol. The van der Waals surface area contributed by atoms with E-state index in [2.05, 4.69) is 34.7 Å². The van der Waals surface area contributed by atoms with Gasteiger partial charge in [-0.2, -0.15) is 0 Å². The summed E-state index contributed by atoms with van der Waals surface area (Å²) in [6.07, 6.45) is 3.38. The molecule has 0 atom stereocenters. The second-order valence-corrected chi connectivity index (χ2v) is 7.21. The number of guanidine groups is 1. The first-order chi connectivity index (χ1) is 12.3. The van der Waals surface area contributed by atoms with E-state index in [0.717, 1.165) is 57.2 Å². The Morgan fingerprint density at radius 1 is 1.20 bits per heavy atom. The number of piperidine rings is 1. The van der Waals surface area contributed by atoms with Crippen LogP contribution >= 0.6 is 11.3 Å². The van der Waals surface area contributed by atoms with E-state index in [4.69, 9.17) is 9.73 Å². The molecule has 1 aromatic carbocycles. The molecule has 2 heterocycles. The number of nitrogens with one attached hydrogen (secondary N) is 1.